The second kappa shape index (κ2) is 14.8. The fourth-order valence-electron chi connectivity index (χ4n) is 2.14. The highest BCUT2D eigenvalue weighted by Gasteiger charge is 2.12. The molecule has 0 radical (unpaired) electrons. The Morgan fingerprint density at radius 2 is 1.41 bits per heavy atom. The predicted molar refractivity (Wildman–Crippen MR) is 89.8 cm³/mol. The number of allylic oxidation sites excluding steroid dienone is 2. The predicted octanol–water partition coefficient (Wildman–Crippen LogP) is 3.83. The molecule has 0 aromatic carbocycles. The normalized spacial score (nSPS) is 14.7. The maximum absolute atomic E-state index is 10.3. The third-order valence-corrected chi connectivity index (χ3v) is 3.53. The van der Waals surface area contributed by atoms with Crippen LogP contribution < -0.4 is 0 Å². The van der Waals surface area contributed by atoms with E-state index in [0.717, 1.165) is 44.9 Å². The van der Waals surface area contributed by atoms with Crippen LogP contribution in [0.25, 0.3) is 0 Å². The number of aliphatic hydroxyl groups is 2. The van der Waals surface area contributed by atoms with Gasteiger partial charge in [0, 0.05) is 6.42 Å². The van der Waals surface area contributed by atoms with Gasteiger partial charge in [0.15, 0.2) is 0 Å². The number of rotatable bonds is 14. The molecule has 0 saturated heterocycles. The Morgan fingerprint density at radius 3 is 2.00 bits per heavy atom. The molecule has 3 N–H and O–H groups in total. The van der Waals surface area contributed by atoms with Gasteiger partial charge in [-0.05, 0) is 38.5 Å². The fourth-order valence-corrected chi connectivity index (χ4v) is 2.14. The van der Waals surface area contributed by atoms with Crippen LogP contribution in [0, 0.1) is 0 Å². The third-order valence-electron chi connectivity index (χ3n) is 3.53. The van der Waals surface area contributed by atoms with E-state index in [1.165, 1.54) is 0 Å². The van der Waals surface area contributed by atoms with Gasteiger partial charge in [-0.1, -0.05) is 50.5 Å². The second-order valence-electron chi connectivity index (χ2n) is 5.66. The first-order chi connectivity index (χ1) is 10.6. The van der Waals surface area contributed by atoms with E-state index in [1.54, 1.807) is 0 Å². The van der Waals surface area contributed by atoms with Gasteiger partial charge in [-0.25, -0.2) is 0 Å². The summed E-state index contributed by atoms with van der Waals surface area (Å²) in [5.41, 5.74) is 0. The molecule has 0 aliphatic carbocycles. The molecule has 0 aliphatic rings. The van der Waals surface area contributed by atoms with Gasteiger partial charge in [-0.3, -0.25) is 4.79 Å². The first-order valence-corrected chi connectivity index (χ1v) is 8.45. The van der Waals surface area contributed by atoms with Crippen molar-refractivity contribution >= 4 is 5.97 Å². The molecule has 0 spiro atoms. The van der Waals surface area contributed by atoms with Crippen molar-refractivity contribution in [1.29, 1.82) is 0 Å². The van der Waals surface area contributed by atoms with Crippen molar-refractivity contribution < 1.29 is 20.1 Å². The van der Waals surface area contributed by atoms with Crippen LogP contribution in [0.4, 0.5) is 0 Å². The van der Waals surface area contributed by atoms with Crippen LogP contribution in [0.2, 0.25) is 0 Å². The number of aliphatic carboxylic acids is 1. The minimum absolute atomic E-state index is 0.271. The van der Waals surface area contributed by atoms with E-state index < -0.39 is 18.2 Å². The lowest BCUT2D eigenvalue weighted by Crippen LogP contribution is -2.24. The summed E-state index contributed by atoms with van der Waals surface area (Å²) in [7, 11) is 0. The lowest BCUT2D eigenvalue weighted by atomic mass is 10.1. The molecule has 4 heteroatoms. The highest BCUT2D eigenvalue weighted by Crippen LogP contribution is 2.09. The Bertz CT molecular complexity index is 323. The number of hydrogen-bond acceptors (Lipinski definition) is 3. The first-order valence-electron chi connectivity index (χ1n) is 8.45. The summed E-state index contributed by atoms with van der Waals surface area (Å²) in [6.45, 7) is 2.04. The fraction of sp³-hybridized carbons (Fsp3) is 0.722. The Morgan fingerprint density at radius 1 is 0.864 bits per heavy atom. The average molecular weight is 312 g/mol. The molecule has 0 unspecified atom stereocenters. The summed E-state index contributed by atoms with van der Waals surface area (Å²) in [5, 5.41) is 28.0. The smallest absolute Gasteiger partial charge is 0.303 e. The molecule has 0 rings (SSSR count). The summed E-state index contributed by atoms with van der Waals surface area (Å²) in [6.07, 6.45) is 14.7. The Labute approximate surface area is 134 Å². The minimum Gasteiger partial charge on any atom is -0.481 e. The molecule has 0 aromatic rings. The van der Waals surface area contributed by atoms with Gasteiger partial charge in [0.05, 0.1) is 12.2 Å². The van der Waals surface area contributed by atoms with Crippen molar-refractivity contribution in [1.82, 2.24) is 0 Å². The van der Waals surface area contributed by atoms with Gasteiger partial charge in [0.1, 0.15) is 0 Å². The van der Waals surface area contributed by atoms with E-state index in [9.17, 15) is 15.0 Å². The molecule has 0 amide bonds. The zero-order chi connectivity index (χ0) is 16.6. The van der Waals surface area contributed by atoms with Gasteiger partial charge >= 0.3 is 5.97 Å². The zero-order valence-electron chi connectivity index (χ0n) is 13.8. The van der Waals surface area contributed by atoms with Crippen LogP contribution in [0.15, 0.2) is 24.3 Å². The van der Waals surface area contributed by atoms with Gasteiger partial charge in [-0.15, -0.1) is 0 Å². The molecular weight excluding hydrogens is 280 g/mol. The lowest BCUT2D eigenvalue weighted by Gasteiger charge is -2.14. The largest absolute Gasteiger partial charge is 0.481 e. The zero-order valence-corrected chi connectivity index (χ0v) is 13.8. The Balaban J connectivity index is 3.49. The highest BCUT2D eigenvalue weighted by molar-refractivity contribution is 5.66. The molecule has 0 saturated carbocycles. The van der Waals surface area contributed by atoms with Gasteiger partial charge in [0.2, 0.25) is 0 Å². The average Bonchev–Trinajstić information content (AvgIpc) is 2.48. The maximum Gasteiger partial charge on any atom is 0.303 e. The van der Waals surface area contributed by atoms with Crippen LogP contribution in [0.1, 0.15) is 71.1 Å². The number of aliphatic hydroxyl groups excluding tert-OH is 2. The lowest BCUT2D eigenvalue weighted by molar-refractivity contribution is -0.137. The van der Waals surface area contributed by atoms with Crippen LogP contribution in [-0.2, 0) is 4.79 Å². The molecule has 0 fully saturated rings. The molecular formula is C18H32O4. The molecule has 0 aromatic heterocycles. The summed E-state index contributed by atoms with van der Waals surface area (Å²) in [6, 6.07) is 0. The summed E-state index contributed by atoms with van der Waals surface area (Å²) >= 11 is 0. The monoisotopic (exact) mass is 312 g/mol. The number of carboxylic acid groups (broad SMARTS) is 1. The number of hydrogen-bond donors (Lipinski definition) is 3. The Kier molecular flexibility index (Phi) is 14.0. The molecule has 0 bridgehead atoms. The van der Waals surface area contributed by atoms with E-state index in [2.05, 4.69) is 6.08 Å². The van der Waals surface area contributed by atoms with Gasteiger partial charge in [0.25, 0.3) is 0 Å². The van der Waals surface area contributed by atoms with Crippen molar-refractivity contribution in [3.63, 3.8) is 0 Å². The van der Waals surface area contributed by atoms with Crippen molar-refractivity contribution in [2.75, 3.05) is 0 Å². The van der Waals surface area contributed by atoms with Crippen LogP contribution in [0.3, 0.4) is 0 Å². The van der Waals surface area contributed by atoms with E-state index in [1.807, 2.05) is 25.2 Å². The van der Waals surface area contributed by atoms with Crippen LogP contribution >= 0.6 is 0 Å². The van der Waals surface area contributed by atoms with Gasteiger partial charge in [-0.2, -0.15) is 0 Å². The maximum atomic E-state index is 10.3. The van der Waals surface area contributed by atoms with Crippen molar-refractivity contribution in [2.45, 2.75) is 83.3 Å². The van der Waals surface area contributed by atoms with Crippen molar-refractivity contribution in [3.05, 3.63) is 24.3 Å². The topological polar surface area (TPSA) is 77.8 Å². The Hall–Kier alpha value is -1.13. The minimum atomic E-state index is -0.714. The SMILES string of the molecule is CC/C=C\C[C@@H](O)[C@@H](O)C/C=C\CCCCCCCC(=O)O. The summed E-state index contributed by atoms with van der Waals surface area (Å²) in [5.74, 6) is -0.714. The van der Waals surface area contributed by atoms with E-state index in [-0.39, 0.29) is 6.42 Å². The number of unbranched alkanes of at least 4 members (excludes halogenated alkanes) is 5. The molecule has 4 nitrogen and oxygen atoms in total. The van der Waals surface area contributed by atoms with Crippen LogP contribution in [-0.4, -0.2) is 33.5 Å². The van der Waals surface area contributed by atoms with Crippen molar-refractivity contribution in [3.8, 4) is 0 Å². The quantitative estimate of drug-likeness (QED) is 0.336. The number of carboxylic acids is 1. The summed E-state index contributed by atoms with van der Waals surface area (Å²) in [4.78, 5) is 10.3. The molecule has 22 heavy (non-hydrogen) atoms. The van der Waals surface area contributed by atoms with E-state index >= 15 is 0 Å². The van der Waals surface area contributed by atoms with E-state index in [0.29, 0.717) is 12.8 Å². The molecule has 0 aliphatic heterocycles. The molecule has 128 valence electrons. The first kappa shape index (κ1) is 20.9. The van der Waals surface area contributed by atoms with E-state index in [4.69, 9.17) is 5.11 Å². The van der Waals surface area contributed by atoms with Crippen molar-refractivity contribution in [2.24, 2.45) is 0 Å². The molecule has 2 atom stereocenters. The standard InChI is InChI=1S/C18H32O4/c1-2-3-10-13-16(19)17(20)14-11-8-6-4-5-7-9-12-15-18(21)22/h3,8,10-11,16-17,19-20H,2,4-7,9,12-15H2,1H3,(H,21,22)/b10-3-,11-8-/t16-,17+/m1/s1. The summed E-state index contributed by atoms with van der Waals surface area (Å²) < 4.78 is 0. The number of carbonyl (C=O) groups is 1. The molecule has 0 heterocycles. The second-order valence-corrected chi connectivity index (χ2v) is 5.66. The van der Waals surface area contributed by atoms with Crippen LogP contribution in [0.5, 0.6) is 0 Å². The third kappa shape index (κ3) is 13.8. The highest BCUT2D eigenvalue weighted by atomic mass is 16.4. The van der Waals surface area contributed by atoms with Gasteiger partial charge < -0.3 is 15.3 Å².